The molecular weight excluding hydrogens is 212 g/mol. The van der Waals surface area contributed by atoms with Crippen LogP contribution in [-0.2, 0) is 6.42 Å². The second-order valence-electron chi connectivity index (χ2n) is 3.72. The Morgan fingerprint density at radius 3 is 2.93 bits per heavy atom. The summed E-state index contributed by atoms with van der Waals surface area (Å²) in [6.07, 6.45) is 2.72. The monoisotopic (exact) mass is 224 g/mol. The van der Waals surface area contributed by atoms with E-state index in [-0.39, 0.29) is 10.5 Å². The first-order chi connectivity index (χ1) is 7.06. The van der Waals surface area contributed by atoms with Gasteiger partial charge in [0.1, 0.15) is 11.3 Å². The van der Waals surface area contributed by atoms with Crippen LogP contribution in [0.25, 0.3) is 0 Å². The molecule has 4 heteroatoms. The van der Waals surface area contributed by atoms with Crippen molar-refractivity contribution in [3.63, 3.8) is 0 Å². The summed E-state index contributed by atoms with van der Waals surface area (Å²) >= 11 is 1.60. The van der Waals surface area contributed by atoms with Crippen molar-refractivity contribution in [1.82, 2.24) is 0 Å². The highest BCUT2D eigenvalue weighted by Gasteiger charge is 2.36. The van der Waals surface area contributed by atoms with Gasteiger partial charge in [-0.15, -0.1) is 11.8 Å². The van der Waals surface area contributed by atoms with Crippen molar-refractivity contribution in [2.24, 2.45) is 0 Å². The highest BCUT2D eigenvalue weighted by atomic mass is 32.2. The lowest BCUT2D eigenvalue weighted by Gasteiger charge is -2.20. The number of fused-ring (bicyclic) bond motifs is 1. The number of carboxylic acids is 1. The smallest absolute Gasteiger partial charge is 0.339 e. The van der Waals surface area contributed by atoms with Gasteiger partial charge in [0.2, 0.25) is 0 Å². The number of carbonyl (C=O) groups is 1. The Morgan fingerprint density at radius 2 is 2.33 bits per heavy atom. The molecule has 1 aromatic carbocycles. The molecule has 1 aromatic rings. The molecule has 0 radical (unpaired) electrons. The molecule has 1 unspecified atom stereocenters. The van der Waals surface area contributed by atoms with E-state index in [1.54, 1.807) is 23.9 Å². The van der Waals surface area contributed by atoms with Gasteiger partial charge in [-0.05, 0) is 24.8 Å². The molecule has 0 aromatic heterocycles. The predicted octanol–water partition coefficient (Wildman–Crippen LogP) is 2.40. The fraction of sp³-hybridized carbons (Fsp3) is 0.364. The highest BCUT2D eigenvalue weighted by Crippen LogP contribution is 2.42. The fourth-order valence-electron chi connectivity index (χ4n) is 1.72. The molecule has 1 heterocycles. The molecule has 1 atom stereocenters. The number of hydrogen-bond acceptors (Lipinski definition) is 3. The lowest BCUT2D eigenvalue weighted by atomic mass is 10.1. The van der Waals surface area contributed by atoms with Gasteiger partial charge in [-0.3, -0.25) is 0 Å². The molecule has 2 rings (SSSR count). The third-order valence-electron chi connectivity index (χ3n) is 2.59. The van der Waals surface area contributed by atoms with Crippen molar-refractivity contribution in [3.05, 3.63) is 29.3 Å². The molecule has 1 aliphatic heterocycles. The topological polar surface area (TPSA) is 46.5 Å². The van der Waals surface area contributed by atoms with Crippen molar-refractivity contribution in [3.8, 4) is 5.75 Å². The van der Waals surface area contributed by atoms with E-state index >= 15 is 0 Å². The number of rotatable bonds is 2. The van der Waals surface area contributed by atoms with Crippen molar-refractivity contribution >= 4 is 17.7 Å². The second kappa shape index (κ2) is 3.45. The summed E-state index contributed by atoms with van der Waals surface area (Å²) in [4.78, 5) is 10.6. The summed E-state index contributed by atoms with van der Waals surface area (Å²) in [6, 6.07) is 5.26. The van der Waals surface area contributed by atoms with E-state index in [1.807, 2.05) is 19.2 Å². The van der Waals surface area contributed by atoms with Crippen molar-refractivity contribution in [2.75, 3.05) is 6.26 Å². The van der Waals surface area contributed by atoms with Crippen LogP contribution in [0.15, 0.2) is 18.2 Å². The van der Waals surface area contributed by atoms with Gasteiger partial charge >= 0.3 is 5.97 Å². The van der Waals surface area contributed by atoms with Gasteiger partial charge in [0.15, 0.2) is 4.93 Å². The maximum Gasteiger partial charge on any atom is 0.339 e. The van der Waals surface area contributed by atoms with Crippen molar-refractivity contribution < 1.29 is 14.6 Å². The zero-order valence-electron chi connectivity index (χ0n) is 8.61. The van der Waals surface area contributed by atoms with E-state index in [1.165, 1.54) is 0 Å². The largest absolute Gasteiger partial charge is 0.478 e. The van der Waals surface area contributed by atoms with E-state index in [2.05, 4.69) is 0 Å². The van der Waals surface area contributed by atoms with Gasteiger partial charge in [0.25, 0.3) is 0 Å². The first kappa shape index (κ1) is 10.4. The summed E-state index contributed by atoms with van der Waals surface area (Å²) in [5, 5.41) is 9.01. The number of benzene rings is 1. The number of para-hydroxylation sites is 1. The lowest BCUT2D eigenvalue weighted by molar-refractivity contribution is 0.0691. The molecule has 0 bridgehead atoms. The maximum atomic E-state index is 11.0. The molecule has 0 spiro atoms. The first-order valence-corrected chi connectivity index (χ1v) is 5.87. The SMILES string of the molecule is CSC1(C)Cc2cccc(C(=O)O)c2O1. The van der Waals surface area contributed by atoms with E-state index in [0.717, 1.165) is 12.0 Å². The molecule has 80 valence electrons. The third kappa shape index (κ3) is 1.69. The number of aromatic carboxylic acids is 1. The summed E-state index contributed by atoms with van der Waals surface area (Å²) in [5.41, 5.74) is 1.23. The maximum absolute atomic E-state index is 11.0. The molecular formula is C11H12O3S. The fourth-order valence-corrected chi connectivity index (χ4v) is 2.19. The van der Waals surface area contributed by atoms with Gasteiger partial charge in [-0.1, -0.05) is 12.1 Å². The Bertz CT molecular complexity index is 416. The predicted molar refractivity (Wildman–Crippen MR) is 59.7 cm³/mol. The minimum absolute atomic E-state index is 0.255. The number of carboxylic acid groups (broad SMARTS) is 1. The van der Waals surface area contributed by atoms with E-state index in [4.69, 9.17) is 9.84 Å². The Morgan fingerprint density at radius 1 is 1.60 bits per heavy atom. The van der Waals surface area contributed by atoms with Crippen molar-refractivity contribution in [1.29, 1.82) is 0 Å². The van der Waals surface area contributed by atoms with Gasteiger partial charge in [-0.2, -0.15) is 0 Å². The Kier molecular flexibility index (Phi) is 2.38. The van der Waals surface area contributed by atoms with E-state index < -0.39 is 5.97 Å². The average molecular weight is 224 g/mol. The minimum atomic E-state index is -0.933. The molecule has 0 saturated heterocycles. The van der Waals surface area contributed by atoms with Crippen LogP contribution in [0.2, 0.25) is 0 Å². The Labute approximate surface area is 92.4 Å². The van der Waals surface area contributed by atoms with Crippen LogP contribution in [0.3, 0.4) is 0 Å². The van der Waals surface area contributed by atoms with Gasteiger partial charge in [0, 0.05) is 6.42 Å². The third-order valence-corrected chi connectivity index (χ3v) is 3.68. The summed E-state index contributed by atoms with van der Waals surface area (Å²) < 4.78 is 5.72. The van der Waals surface area contributed by atoms with Crippen molar-refractivity contribution in [2.45, 2.75) is 18.3 Å². The van der Waals surface area contributed by atoms with Crippen LogP contribution in [0.5, 0.6) is 5.75 Å². The number of hydrogen-bond donors (Lipinski definition) is 1. The lowest BCUT2D eigenvalue weighted by Crippen LogP contribution is -2.25. The zero-order valence-corrected chi connectivity index (χ0v) is 9.43. The number of ether oxygens (including phenoxy) is 1. The standard InChI is InChI=1S/C11H12O3S/c1-11(15-2)6-7-4-3-5-8(10(12)13)9(7)14-11/h3-5H,6H2,1-2H3,(H,12,13). The first-order valence-electron chi connectivity index (χ1n) is 4.65. The molecule has 0 saturated carbocycles. The van der Waals surface area contributed by atoms with Gasteiger partial charge < -0.3 is 9.84 Å². The minimum Gasteiger partial charge on any atom is -0.478 e. The molecule has 15 heavy (non-hydrogen) atoms. The molecule has 3 nitrogen and oxygen atoms in total. The quantitative estimate of drug-likeness (QED) is 0.838. The van der Waals surface area contributed by atoms with Crippen LogP contribution >= 0.6 is 11.8 Å². The van der Waals surface area contributed by atoms with E-state index in [9.17, 15) is 4.79 Å². The Hall–Kier alpha value is -1.16. The molecule has 0 fully saturated rings. The Balaban J connectivity index is 2.46. The summed E-state index contributed by atoms with van der Waals surface area (Å²) in [7, 11) is 0. The highest BCUT2D eigenvalue weighted by molar-refractivity contribution is 7.99. The van der Waals surface area contributed by atoms with Crippen LogP contribution in [0.1, 0.15) is 22.8 Å². The molecule has 1 aliphatic rings. The molecule has 0 amide bonds. The summed E-state index contributed by atoms with van der Waals surface area (Å²) in [5.74, 6) is -0.404. The van der Waals surface area contributed by atoms with Crippen LogP contribution in [0.4, 0.5) is 0 Å². The van der Waals surface area contributed by atoms with Crippen LogP contribution in [-0.4, -0.2) is 22.3 Å². The number of thioether (sulfide) groups is 1. The molecule has 0 aliphatic carbocycles. The van der Waals surface area contributed by atoms with Gasteiger partial charge in [-0.25, -0.2) is 4.79 Å². The second-order valence-corrected chi connectivity index (χ2v) is 4.99. The average Bonchev–Trinajstić information content (AvgIpc) is 2.54. The van der Waals surface area contributed by atoms with Gasteiger partial charge in [0.05, 0.1) is 0 Å². The normalized spacial score (nSPS) is 23.3. The molecule has 1 N–H and O–H groups in total. The zero-order chi connectivity index (χ0) is 11.1. The van der Waals surface area contributed by atoms with Crippen LogP contribution in [0, 0.1) is 0 Å². The van der Waals surface area contributed by atoms with E-state index in [0.29, 0.717) is 5.75 Å². The summed E-state index contributed by atoms with van der Waals surface area (Å²) in [6.45, 7) is 1.98. The van der Waals surface area contributed by atoms with Crippen LogP contribution < -0.4 is 4.74 Å².